The topological polar surface area (TPSA) is 102 Å². The zero-order chi connectivity index (χ0) is 11.7. The highest BCUT2D eigenvalue weighted by atomic mass is 16.5. The lowest BCUT2D eigenvalue weighted by Crippen LogP contribution is -2.32. The van der Waals surface area contributed by atoms with E-state index in [1.54, 1.807) is 0 Å². The minimum Gasteiger partial charge on any atom is -0.480 e. The summed E-state index contributed by atoms with van der Waals surface area (Å²) in [5.74, 6) is 1.09. The highest BCUT2D eigenvalue weighted by Crippen LogP contribution is 1.93. The van der Waals surface area contributed by atoms with Gasteiger partial charge >= 0.3 is 12.1 Å². The van der Waals surface area contributed by atoms with Gasteiger partial charge in [-0.25, -0.2) is 4.79 Å². The number of carbonyl (C=O) groups excluding carboxylic acids is 1. The van der Waals surface area contributed by atoms with Gasteiger partial charge in [0.2, 0.25) is 0 Å². The SMILES string of the molecule is C#CCOC(=O)NCCCC(N)C(=O)O. The molecule has 1 atom stereocenters. The van der Waals surface area contributed by atoms with E-state index in [2.05, 4.69) is 16.0 Å². The van der Waals surface area contributed by atoms with Gasteiger partial charge in [0.15, 0.2) is 6.61 Å². The summed E-state index contributed by atoms with van der Waals surface area (Å²) in [5.41, 5.74) is 5.24. The third kappa shape index (κ3) is 7.34. The quantitative estimate of drug-likeness (QED) is 0.410. The molecule has 1 unspecified atom stereocenters. The van der Waals surface area contributed by atoms with Crippen molar-refractivity contribution in [2.24, 2.45) is 5.73 Å². The van der Waals surface area contributed by atoms with Crippen LogP contribution in [0.1, 0.15) is 12.8 Å². The van der Waals surface area contributed by atoms with Crippen molar-refractivity contribution in [3.63, 3.8) is 0 Å². The summed E-state index contributed by atoms with van der Waals surface area (Å²) < 4.78 is 4.51. The van der Waals surface area contributed by atoms with Crippen molar-refractivity contribution in [1.82, 2.24) is 5.32 Å². The Morgan fingerprint density at radius 3 is 2.80 bits per heavy atom. The van der Waals surface area contributed by atoms with Crippen LogP contribution in [0.25, 0.3) is 0 Å². The first-order chi connectivity index (χ1) is 7.07. The van der Waals surface area contributed by atoms with E-state index in [1.807, 2.05) is 0 Å². The molecule has 0 aromatic heterocycles. The summed E-state index contributed by atoms with van der Waals surface area (Å²) in [6, 6.07) is -0.895. The number of terminal acetylenes is 1. The van der Waals surface area contributed by atoms with Crippen molar-refractivity contribution in [1.29, 1.82) is 0 Å². The number of nitrogens with two attached hydrogens (primary N) is 1. The number of rotatable bonds is 6. The van der Waals surface area contributed by atoms with Crippen LogP contribution in [0.5, 0.6) is 0 Å². The predicted molar refractivity (Wildman–Crippen MR) is 53.0 cm³/mol. The fourth-order valence-electron chi connectivity index (χ4n) is 0.794. The summed E-state index contributed by atoms with van der Waals surface area (Å²) in [7, 11) is 0. The van der Waals surface area contributed by atoms with Gasteiger partial charge in [-0.3, -0.25) is 4.79 Å². The van der Waals surface area contributed by atoms with Crippen LogP contribution in [0.4, 0.5) is 4.79 Å². The van der Waals surface area contributed by atoms with Gasteiger partial charge in [0, 0.05) is 6.54 Å². The van der Waals surface area contributed by atoms with E-state index in [0.29, 0.717) is 19.4 Å². The Hall–Kier alpha value is -1.74. The molecule has 84 valence electrons. The van der Waals surface area contributed by atoms with Crippen LogP contribution in [0.2, 0.25) is 0 Å². The molecule has 0 saturated heterocycles. The predicted octanol–water partition coefficient (Wildman–Crippen LogP) is -0.462. The highest BCUT2D eigenvalue weighted by Gasteiger charge is 2.10. The van der Waals surface area contributed by atoms with Gasteiger partial charge in [-0.2, -0.15) is 0 Å². The highest BCUT2D eigenvalue weighted by molar-refractivity contribution is 5.73. The molecule has 1 amide bonds. The molecule has 0 saturated carbocycles. The Morgan fingerprint density at radius 1 is 1.60 bits per heavy atom. The molecule has 6 heteroatoms. The van der Waals surface area contributed by atoms with Gasteiger partial charge in [-0.15, -0.1) is 6.42 Å². The van der Waals surface area contributed by atoms with Gasteiger partial charge in [-0.05, 0) is 12.8 Å². The summed E-state index contributed by atoms with van der Waals surface area (Å²) in [4.78, 5) is 21.1. The molecule has 0 aliphatic heterocycles. The van der Waals surface area contributed by atoms with E-state index in [0.717, 1.165) is 0 Å². The molecule has 0 fully saturated rings. The first-order valence-electron chi connectivity index (χ1n) is 4.40. The number of carboxylic acids is 1. The number of amides is 1. The van der Waals surface area contributed by atoms with Crippen LogP contribution in [0, 0.1) is 12.3 Å². The molecular weight excluding hydrogens is 200 g/mol. The van der Waals surface area contributed by atoms with Crippen LogP contribution >= 0.6 is 0 Å². The second-order valence-corrected chi connectivity index (χ2v) is 2.79. The van der Waals surface area contributed by atoms with Crippen LogP contribution in [-0.2, 0) is 9.53 Å². The summed E-state index contributed by atoms with van der Waals surface area (Å²) in [5, 5.41) is 10.9. The molecule has 4 N–H and O–H groups in total. The lowest BCUT2D eigenvalue weighted by atomic mass is 10.2. The fraction of sp³-hybridized carbons (Fsp3) is 0.556. The zero-order valence-corrected chi connectivity index (χ0v) is 8.23. The number of hydrogen-bond acceptors (Lipinski definition) is 4. The number of ether oxygens (including phenoxy) is 1. The van der Waals surface area contributed by atoms with E-state index in [4.69, 9.17) is 17.3 Å². The fourth-order valence-corrected chi connectivity index (χ4v) is 0.794. The Morgan fingerprint density at radius 2 is 2.27 bits per heavy atom. The number of carboxylic acid groups (broad SMARTS) is 1. The van der Waals surface area contributed by atoms with Crippen molar-refractivity contribution in [3.8, 4) is 12.3 Å². The minimum absolute atomic E-state index is 0.0829. The average molecular weight is 214 g/mol. The zero-order valence-electron chi connectivity index (χ0n) is 8.23. The number of aliphatic carboxylic acids is 1. The van der Waals surface area contributed by atoms with Crippen LogP contribution in [0.15, 0.2) is 0 Å². The summed E-state index contributed by atoms with van der Waals surface area (Å²) >= 11 is 0. The second-order valence-electron chi connectivity index (χ2n) is 2.79. The Kier molecular flexibility index (Phi) is 6.76. The molecule has 15 heavy (non-hydrogen) atoms. The lowest BCUT2D eigenvalue weighted by Gasteiger charge is -2.06. The van der Waals surface area contributed by atoms with Crippen molar-refractivity contribution in [3.05, 3.63) is 0 Å². The van der Waals surface area contributed by atoms with E-state index >= 15 is 0 Å². The molecule has 6 nitrogen and oxygen atoms in total. The largest absolute Gasteiger partial charge is 0.480 e. The standard InChI is InChI=1S/C9H14N2O4/c1-2-6-15-9(14)11-5-3-4-7(10)8(12)13/h1,7H,3-6,10H2,(H,11,14)(H,12,13). The van der Waals surface area contributed by atoms with E-state index in [1.165, 1.54) is 0 Å². The van der Waals surface area contributed by atoms with Crippen molar-refractivity contribution in [2.45, 2.75) is 18.9 Å². The Bertz CT molecular complexity index is 259. The number of nitrogens with one attached hydrogen (secondary N) is 1. The molecular formula is C9H14N2O4. The molecule has 0 radical (unpaired) electrons. The van der Waals surface area contributed by atoms with Crippen LogP contribution < -0.4 is 11.1 Å². The monoisotopic (exact) mass is 214 g/mol. The molecule has 0 aromatic rings. The minimum atomic E-state index is -1.05. The maximum Gasteiger partial charge on any atom is 0.408 e. The van der Waals surface area contributed by atoms with Crippen LogP contribution in [-0.4, -0.2) is 36.4 Å². The van der Waals surface area contributed by atoms with Crippen molar-refractivity contribution < 1.29 is 19.4 Å². The third-order valence-corrected chi connectivity index (χ3v) is 1.57. The molecule has 0 spiro atoms. The Balaban J connectivity index is 3.43. The van der Waals surface area contributed by atoms with Gasteiger partial charge < -0.3 is 20.9 Å². The molecule has 0 aliphatic carbocycles. The molecule has 0 aliphatic rings. The van der Waals surface area contributed by atoms with E-state index in [9.17, 15) is 9.59 Å². The summed E-state index contributed by atoms with van der Waals surface area (Å²) in [6.45, 7) is 0.227. The average Bonchev–Trinajstić information content (AvgIpc) is 2.20. The maximum absolute atomic E-state index is 10.8. The van der Waals surface area contributed by atoms with Gasteiger partial charge in [0.05, 0.1) is 0 Å². The van der Waals surface area contributed by atoms with Gasteiger partial charge in [0.25, 0.3) is 0 Å². The molecule has 0 rings (SSSR count). The van der Waals surface area contributed by atoms with E-state index < -0.39 is 18.1 Å². The third-order valence-electron chi connectivity index (χ3n) is 1.57. The lowest BCUT2D eigenvalue weighted by molar-refractivity contribution is -0.138. The summed E-state index contributed by atoms with van der Waals surface area (Å²) in [6.07, 6.45) is 5.02. The van der Waals surface area contributed by atoms with Crippen LogP contribution in [0.3, 0.4) is 0 Å². The molecule has 0 heterocycles. The molecule has 0 aromatic carbocycles. The Labute approximate surface area is 87.8 Å². The number of hydrogen-bond donors (Lipinski definition) is 3. The van der Waals surface area contributed by atoms with Crippen molar-refractivity contribution >= 4 is 12.1 Å². The second kappa shape index (κ2) is 7.64. The number of alkyl carbamates (subject to hydrolysis) is 1. The number of carbonyl (C=O) groups is 2. The van der Waals surface area contributed by atoms with Crippen molar-refractivity contribution in [2.75, 3.05) is 13.2 Å². The first kappa shape index (κ1) is 13.3. The van der Waals surface area contributed by atoms with Gasteiger partial charge in [0.1, 0.15) is 6.04 Å². The van der Waals surface area contributed by atoms with E-state index in [-0.39, 0.29) is 6.61 Å². The van der Waals surface area contributed by atoms with Gasteiger partial charge in [-0.1, -0.05) is 5.92 Å². The smallest absolute Gasteiger partial charge is 0.408 e. The first-order valence-corrected chi connectivity index (χ1v) is 4.40. The maximum atomic E-state index is 10.8. The normalized spacial score (nSPS) is 11.2. The molecule has 0 bridgehead atoms.